The average Bonchev–Trinajstić information content (AvgIpc) is 2.29. The number of hydrogen-bond donors (Lipinski definition) is 1. The van der Waals surface area contributed by atoms with Crippen LogP contribution in [0, 0.1) is 11.3 Å². The molecule has 3 nitrogen and oxygen atoms in total. The Hall–Kier alpha value is -1.05. The van der Waals surface area contributed by atoms with Crippen molar-refractivity contribution in [2.75, 3.05) is 0 Å². The van der Waals surface area contributed by atoms with Gasteiger partial charge in [0, 0.05) is 10.5 Å². The number of benzene rings is 1. The minimum atomic E-state index is -0.390. The van der Waals surface area contributed by atoms with Crippen molar-refractivity contribution in [2.24, 2.45) is 5.73 Å². The Morgan fingerprint density at radius 1 is 1.53 bits per heavy atom. The summed E-state index contributed by atoms with van der Waals surface area (Å²) in [7, 11) is 0. The molecule has 0 saturated carbocycles. The van der Waals surface area contributed by atoms with Crippen LogP contribution in [0.2, 0.25) is 0 Å². The lowest BCUT2D eigenvalue weighted by Gasteiger charge is -2.13. The fraction of sp³-hybridized carbons (Fsp3) is 0.462. The molecule has 0 aliphatic carbocycles. The van der Waals surface area contributed by atoms with Crippen LogP contribution >= 0.6 is 15.9 Å². The Kier molecular flexibility index (Phi) is 5.46. The molecule has 0 aliphatic rings. The van der Waals surface area contributed by atoms with E-state index in [0.29, 0.717) is 6.42 Å². The van der Waals surface area contributed by atoms with Crippen LogP contribution in [0.4, 0.5) is 0 Å². The van der Waals surface area contributed by atoms with E-state index < -0.39 is 0 Å². The van der Waals surface area contributed by atoms with Crippen molar-refractivity contribution >= 4 is 15.9 Å². The molecular weight excluding hydrogens is 280 g/mol. The van der Waals surface area contributed by atoms with Gasteiger partial charge in [-0.2, -0.15) is 5.26 Å². The fourth-order valence-corrected chi connectivity index (χ4v) is 1.90. The molecule has 1 aromatic rings. The van der Waals surface area contributed by atoms with Crippen molar-refractivity contribution in [1.82, 2.24) is 0 Å². The molecule has 4 heteroatoms. The van der Waals surface area contributed by atoms with Gasteiger partial charge in [-0.15, -0.1) is 0 Å². The first-order chi connectivity index (χ1) is 8.06. The molecule has 2 N–H and O–H groups in total. The highest BCUT2D eigenvalue weighted by atomic mass is 79.9. The average molecular weight is 297 g/mol. The number of halogens is 1. The van der Waals surface area contributed by atoms with Gasteiger partial charge >= 0.3 is 0 Å². The van der Waals surface area contributed by atoms with E-state index in [1.165, 1.54) is 0 Å². The van der Waals surface area contributed by atoms with Gasteiger partial charge in [0.2, 0.25) is 0 Å². The number of rotatable bonds is 5. The molecule has 2 atom stereocenters. The molecule has 1 aromatic carbocycles. The number of hydrogen-bond acceptors (Lipinski definition) is 3. The zero-order valence-electron chi connectivity index (χ0n) is 10.1. The van der Waals surface area contributed by atoms with Gasteiger partial charge in [0.05, 0.1) is 0 Å². The molecule has 0 aliphatic heterocycles. The Labute approximate surface area is 111 Å². The number of nitriles is 1. The number of ether oxygens (including phenoxy) is 1. The summed E-state index contributed by atoms with van der Waals surface area (Å²) in [6.45, 7) is 3.89. The van der Waals surface area contributed by atoms with Gasteiger partial charge in [0.1, 0.15) is 11.8 Å². The van der Waals surface area contributed by atoms with Gasteiger partial charge < -0.3 is 10.5 Å². The van der Waals surface area contributed by atoms with Gasteiger partial charge in [-0.3, -0.25) is 0 Å². The van der Waals surface area contributed by atoms with Crippen LogP contribution < -0.4 is 10.5 Å². The summed E-state index contributed by atoms with van der Waals surface area (Å²) in [5.41, 5.74) is 6.89. The van der Waals surface area contributed by atoms with E-state index in [1.807, 2.05) is 32.0 Å². The van der Waals surface area contributed by atoms with Crippen molar-refractivity contribution in [3.8, 4) is 11.8 Å². The summed E-state index contributed by atoms with van der Waals surface area (Å²) in [4.78, 5) is 0. The Balaban J connectivity index is 2.85. The second-order valence-corrected chi connectivity index (χ2v) is 4.93. The minimum absolute atomic E-state index is 0.0967. The maximum Gasteiger partial charge on any atom is 0.184 e. The summed E-state index contributed by atoms with van der Waals surface area (Å²) in [6, 6.07) is 7.93. The molecule has 0 fully saturated rings. The SMILES string of the molecule is CCC(C#N)Oc1ccc(Br)c(CC(C)N)c1. The van der Waals surface area contributed by atoms with Crippen LogP contribution in [0.1, 0.15) is 25.8 Å². The third kappa shape index (κ3) is 4.37. The third-order valence-corrected chi connectivity index (χ3v) is 3.13. The Morgan fingerprint density at radius 2 is 2.24 bits per heavy atom. The van der Waals surface area contributed by atoms with Crippen LogP contribution in [0.5, 0.6) is 5.75 Å². The highest BCUT2D eigenvalue weighted by molar-refractivity contribution is 9.10. The maximum absolute atomic E-state index is 8.85. The molecule has 0 radical (unpaired) electrons. The van der Waals surface area contributed by atoms with Gasteiger partial charge in [0.25, 0.3) is 0 Å². The zero-order chi connectivity index (χ0) is 12.8. The zero-order valence-corrected chi connectivity index (χ0v) is 11.7. The Bertz CT molecular complexity index is 412. The minimum Gasteiger partial charge on any atom is -0.476 e. The topological polar surface area (TPSA) is 59.0 Å². The summed E-state index contributed by atoms with van der Waals surface area (Å²) < 4.78 is 6.59. The van der Waals surface area contributed by atoms with Crippen LogP contribution in [0.3, 0.4) is 0 Å². The Morgan fingerprint density at radius 3 is 2.76 bits per heavy atom. The molecule has 0 aromatic heterocycles. The smallest absolute Gasteiger partial charge is 0.184 e. The molecule has 17 heavy (non-hydrogen) atoms. The quantitative estimate of drug-likeness (QED) is 0.908. The molecule has 0 bridgehead atoms. The lowest BCUT2D eigenvalue weighted by molar-refractivity contribution is 0.251. The molecule has 92 valence electrons. The first-order valence-corrected chi connectivity index (χ1v) is 6.46. The first-order valence-electron chi connectivity index (χ1n) is 5.67. The number of nitrogens with two attached hydrogens (primary N) is 1. The molecule has 0 amide bonds. The summed E-state index contributed by atoms with van der Waals surface area (Å²) in [5.74, 6) is 0.720. The summed E-state index contributed by atoms with van der Waals surface area (Å²) in [5, 5.41) is 8.85. The molecule has 0 saturated heterocycles. The lowest BCUT2D eigenvalue weighted by atomic mass is 10.1. The molecule has 1 rings (SSSR count). The highest BCUT2D eigenvalue weighted by Gasteiger charge is 2.09. The monoisotopic (exact) mass is 296 g/mol. The van der Waals surface area contributed by atoms with Gasteiger partial charge in [0.15, 0.2) is 6.10 Å². The number of nitrogens with zero attached hydrogens (tertiary/aromatic N) is 1. The van der Waals surface area contributed by atoms with E-state index in [2.05, 4.69) is 22.0 Å². The van der Waals surface area contributed by atoms with Crippen LogP contribution in [-0.2, 0) is 6.42 Å². The van der Waals surface area contributed by atoms with E-state index in [-0.39, 0.29) is 12.1 Å². The van der Waals surface area contributed by atoms with Crippen LogP contribution in [0.25, 0.3) is 0 Å². The second kappa shape index (κ2) is 6.63. The van der Waals surface area contributed by atoms with Crippen molar-refractivity contribution in [1.29, 1.82) is 5.26 Å². The van der Waals surface area contributed by atoms with E-state index in [9.17, 15) is 0 Å². The normalized spacial score (nSPS) is 13.8. The van der Waals surface area contributed by atoms with Gasteiger partial charge in [-0.25, -0.2) is 0 Å². The molecule has 0 spiro atoms. The largest absolute Gasteiger partial charge is 0.476 e. The summed E-state index contributed by atoms with van der Waals surface area (Å²) in [6.07, 6.45) is 1.07. The first kappa shape index (κ1) is 14.0. The van der Waals surface area contributed by atoms with Crippen molar-refractivity contribution < 1.29 is 4.74 Å². The van der Waals surface area contributed by atoms with Crippen LogP contribution in [-0.4, -0.2) is 12.1 Å². The molecular formula is C13H17BrN2O. The van der Waals surface area contributed by atoms with Crippen molar-refractivity contribution in [3.63, 3.8) is 0 Å². The molecule has 2 unspecified atom stereocenters. The lowest BCUT2D eigenvalue weighted by Crippen LogP contribution is -2.18. The van der Waals surface area contributed by atoms with Crippen molar-refractivity contribution in [2.45, 2.75) is 38.8 Å². The second-order valence-electron chi connectivity index (χ2n) is 4.08. The predicted octanol–water partition coefficient (Wildman–Crippen LogP) is 3.02. The standard InChI is InChI=1S/C13H17BrN2O/c1-3-11(8-15)17-12-4-5-13(14)10(7-12)6-9(2)16/h4-5,7,9,11H,3,6,16H2,1-2H3. The van der Waals surface area contributed by atoms with E-state index in [0.717, 1.165) is 22.2 Å². The van der Waals surface area contributed by atoms with Gasteiger partial charge in [-0.1, -0.05) is 22.9 Å². The molecule has 0 heterocycles. The van der Waals surface area contributed by atoms with E-state index in [4.69, 9.17) is 15.7 Å². The van der Waals surface area contributed by atoms with E-state index in [1.54, 1.807) is 0 Å². The highest BCUT2D eigenvalue weighted by Crippen LogP contribution is 2.24. The fourth-order valence-electron chi connectivity index (χ4n) is 1.49. The predicted molar refractivity (Wildman–Crippen MR) is 71.8 cm³/mol. The third-order valence-electron chi connectivity index (χ3n) is 2.35. The summed E-state index contributed by atoms with van der Waals surface area (Å²) >= 11 is 3.48. The van der Waals surface area contributed by atoms with E-state index >= 15 is 0 Å². The van der Waals surface area contributed by atoms with Crippen molar-refractivity contribution in [3.05, 3.63) is 28.2 Å². The van der Waals surface area contributed by atoms with Crippen LogP contribution in [0.15, 0.2) is 22.7 Å². The van der Waals surface area contributed by atoms with Gasteiger partial charge in [-0.05, 0) is 43.5 Å². The maximum atomic E-state index is 8.85.